The third-order valence-corrected chi connectivity index (χ3v) is 4.11. The fourth-order valence-corrected chi connectivity index (χ4v) is 3.44. The van der Waals surface area contributed by atoms with Gasteiger partial charge in [0.05, 0.1) is 9.13 Å². The van der Waals surface area contributed by atoms with E-state index in [4.69, 9.17) is 0 Å². The van der Waals surface area contributed by atoms with E-state index < -0.39 is 17.6 Å². The fourth-order valence-electron chi connectivity index (χ4n) is 1.59. The Labute approximate surface area is 152 Å². The van der Waals surface area contributed by atoms with Crippen LogP contribution in [0.1, 0.15) is 20.7 Å². The Bertz CT molecular complexity index is 736. The number of halogens is 3. The van der Waals surface area contributed by atoms with Crippen molar-refractivity contribution in [3.63, 3.8) is 0 Å². The van der Waals surface area contributed by atoms with Crippen molar-refractivity contribution in [2.75, 3.05) is 0 Å². The molecule has 0 spiro atoms. The number of aromatic hydroxyl groups is 1. The summed E-state index contributed by atoms with van der Waals surface area (Å²) < 4.78 is 14.1. The number of benzene rings is 2. The van der Waals surface area contributed by atoms with E-state index in [-0.39, 0.29) is 16.9 Å². The average molecular weight is 526 g/mol. The molecule has 0 fully saturated rings. The molecule has 0 saturated heterocycles. The van der Waals surface area contributed by atoms with Gasteiger partial charge in [0.2, 0.25) is 0 Å². The number of phenols is 1. The molecule has 0 bridgehead atoms. The van der Waals surface area contributed by atoms with Crippen LogP contribution in [0.4, 0.5) is 4.39 Å². The quantitative estimate of drug-likeness (QED) is 0.417. The summed E-state index contributed by atoms with van der Waals surface area (Å²) in [5.41, 5.74) is 4.66. The zero-order valence-electron chi connectivity index (χ0n) is 10.9. The number of carbonyl (C=O) groups is 2. The van der Waals surface area contributed by atoms with Crippen molar-refractivity contribution >= 4 is 57.0 Å². The monoisotopic (exact) mass is 526 g/mol. The van der Waals surface area contributed by atoms with Crippen LogP contribution in [0.25, 0.3) is 0 Å². The minimum atomic E-state index is -0.649. The molecule has 0 radical (unpaired) electrons. The molecule has 0 atom stereocenters. The van der Waals surface area contributed by atoms with Crippen LogP contribution in [-0.4, -0.2) is 16.9 Å². The molecule has 8 heteroatoms. The van der Waals surface area contributed by atoms with E-state index >= 15 is 0 Å². The van der Waals surface area contributed by atoms with Gasteiger partial charge in [-0.15, -0.1) is 0 Å². The van der Waals surface area contributed by atoms with Gasteiger partial charge in [0.1, 0.15) is 11.6 Å². The summed E-state index contributed by atoms with van der Waals surface area (Å²) in [6, 6.07) is 8.09. The summed E-state index contributed by atoms with van der Waals surface area (Å²) >= 11 is 3.92. The maximum atomic E-state index is 12.8. The van der Waals surface area contributed by atoms with E-state index in [1.807, 2.05) is 45.2 Å². The van der Waals surface area contributed by atoms with Gasteiger partial charge in [0, 0.05) is 9.13 Å². The highest BCUT2D eigenvalue weighted by Gasteiger charge is 2.16. The molecule has 0 aliphatic heterocycles. The molecule has 0 aliphatic rings. The zero-order chi connectivity index (χ0) is 16.3. The van der Waals surface area contributed by atoms with Crippen LogP contribution >= 0.6 is 45.2 Å². The molecule has 5 nitrogen and oxygen atoms in total. The number of hydrogen-bond donors (Lipinski definition) is 3. The van der Waals surface area contributed by atoms with E-state index in [1.54, 1.807) is 6.07 Å². The van der Waals surface area contributed by atoms with Gasteiger partial charge >= 0.3 is 0 Å². The fraction of sp³-hybridized carbons (Fsp3) is 0. The van der Waals surface area contributed by atoms with Gasteiger partial charge in [-0.2, -0.15) is 0 Å². The van der Waals surface area contributed by atoms with Crippen LogP contribution in [0.3, 0.4) is 0 Å². The lowest BCUT2D eigenvalue weighted by atomic mass is 10.2. The van der Waals surface area contributed by atoms with Gasteiger partial charge in [-0.3, -0.25) is 20.4 Å². The van der Waals surface area contributed by atoms with Crippen molar-refractivity contribution in [3.8, 4) is 5.75 Å². The number of amides is 2. The Hall–Kier alpha value is -1.43. The molecule has 2 aromatic rings. The molecule has 0 saturated carbocycles. The maximum Gasteiger partial charge on any atom is 0.273 e. The Kier molecular flexibility index (Phi) is 5.56. The number of phenolic OH excluding ortho intramolecular Hbond substituents is 1. The third kappa shape index (κ3) is 4.06. The third-order valence-electron chi connectivity index (χ3n) is 2.67. The molecule has 0 aromatic heterocycles. The summed E-state index contributed by atoms with van der Waals surface area (Å²) in [6.07, 6.45) is 0. The van der Waals surface area contributed by atoms with Crippen molar-refractivity contribution in [1.29, 1.82) is 0 Å². The first-order valence-corrected chi connectivity index (χ1v) is 8.08. The van der Waals surface area contributed by atoms with Crippen LogP contribution in [0.5, 0.6) is 5.75 Å². The molecule has 0 heterocycles. The van der Waals surface area contributed by atoms with Crippen molar-refractivity contribution in [2.45, 2.75) is 0 Å². The number of hydrogen-bond acceptors (Lipinski definition) is 3. The van der Waals surface area contributed by atoms with E-state index in [0.29, 0.717) is 3.57 Å². The molecule has 2 aromatic carbocycles. The van der Waals surface area contributed by atoms with Gasteiger partial charge in [-0.05, 0) is 81.6 Å². The average Bonchev–Trinajstić information content (AvgIpc) is 2.48. The lowest BCUT2D eigenvalue weighted by Gasteiger charge is -2.10. The van der Waals surface area contributed by atoms with Crippen LogP contribution in [0.2, 0.25) is 0 Å². The molecule has 0 aliphatic carbocycles. The van der Waals surface area contributed by atoms with Crippen molar-refractivity contribution in [1.82, 2.24) is 10.9 Å². The second-order valence-electron chi connectivity index (χ2n) is 4.20. The SMILES string of the molecule is O=C(NNC(=O)c1cc(I)cc(I)c1O)c1ccc(F)cc1. The Balaban J connectivity index is 2.07. The van der Waals surface area contributed by atoms with Crippen molar-refractivity contribution in [3.05, 3.63) is 60.5 Å². The van der Waals surface area contributed by atoms with Crippen LogP contribution in [-0.2, 0) is 0 Å². The Morgan fingerprint density at radius 1 is 1.00 bits per heavy atom. The molecule has 0 unspecified atom stereocenters. The Morgan fingerprint density at radius 3 is 2.23 bits per heavy atom. The van der Waals surface area contributed by atoms with Gasteiger partial charge in [-0.1, -0.05) is 0 Å². The van der Waals surface area contributed by atoms with Gasteiger partial charge in [0.15, 0.2) is 0 Å². The zero-order valence-corrected chi connectivity index (χ0v) is 15.2. The predicted molar refractivity (Wildman–Crippen MR) is 94.9 cm³/mol. The van der Waals surface area contributed by atoms with Crippen LogP contribution in [0.15, 0.2) is 36.4 Å². The van der Waals surface area contributed by atoms with Gasteiger partial charge in [0.25, 0.3) is 11.8 Å². The van der Waals surface area contributed by atoms with E-state index in [1.165, 1.54) is 18.2 Å². The second kappa shape index (κ2) is 7.22. The van der Waals surface area contributed by atoms with Gasteiger partial charge < -0.3 is 5.11 Å². The summed E-state index contributed by atoms with van der Waals surface area (Å²) in [5, 5.41) is 9.88. The molecule has 114 valence electrons. The predicted octanol–water partition coefficient (Wildman–Crippen LogP) is 2.82. The molecule has 2 rings (SSSR count). The first kappa shape index (κ1) is 16.9. The molecular weight excluding hydrogens is 517 g/mol. The molecular formula is C14H9FI2N2O3. The van der Waals surface area contributed by atoms with Gasteiger partial charge in [-0.25, -0.2) is 4.39 Å². The first-order valence-electron chi connectivity index (χ1n) is 5.92. The first-order chi connectivity index (χ1) is 10.4. The van der Waals surface area contributed by atoms with E-state index in [9.17, 15) is 19.1 Å². The second-order valence-corrected chi connectivity index (χ2v) is 6.61. The largest absolute Gasteiger partial charge is 0.506 e. The molecule has 2 amide bonds. The normalized spacial score (nSPS) is 10.1. The summed E-state index contributed by atoms with van der Waals surface area (Å²) in [4.78, 5) is 23.8. The lowest BCUT2D eigenvalue weighted by Crippen LogP contribution is -2.41. The van der Waals surface area contributed by atoms with Crippen molar-refractivity contribution in [2.24, 2.45) is 0 Å². The standard InChI is InChI=1S/C14H9FI2N2O3/c15-8-3-1-7(2-4-8)13(21)18-19-14(22)10-5-9(16)6-11(17)12(10)20/h1-6,20H,(H,18,21)(H,19,22). The van der Waals surface area contributed by atoms with Crippen LogP contribution in [0, 0.1) is 13.0 Å². The molecule has 22 heavy (non-hydrogen) atoms. The number of hydrazine groups is 1. The summed E-state index contributed by atoms with van der Waals surface area (Å²) in [6.45, 7) is 0. The smallest absolute Gasteiger partial charge is 0.273 e. The highest BCUT2D eigenvalue weighted by molar-refractivity contribution is 14.1. The number of rotatable bonds is 2. The topological polar surface area (TPSA) is 78.4 Å². The number of nitrogens with one attached hydrogen (secondary N) is 2. The maximum absolute atomic E-state index is 12.8. The Morgan fingerprint density at radius 2 is 1.59 bits per heavy atom. The number of carbonyl (C=O) groups excluding carboxylic acids is 2. The van der Waals surface area contributed by atoms with E-state index in [2.05, 4.69) is 10.9 Å². The lowest BCUT2D eigenvalue weighted by molar-refractivity contribution is 0.0845. The van der Waals surface area contributed by atoms with Crippen LogP contribution < -0.4 is 10.9 Å². The highest BCUT2D eigenvalue weighted by Crippen LogP contribution is 2.26. The minimum absolute atomic E-state index is 0.0516. The van der Waals surface area contributed by atoms with Crippen molar-refractivity contribution < 1.29 is 19.1 Å². The minimum Gasteiger partial charge on any atom is -0.506 e. The highest BCUT2D eigenvalue weighted by atomic mass is 127. The summed E-state index contributed by atoms with van der Waals surface area (Å²) in [7, 11) is 0. The molecule has 3 N–H and O–H groups in total. The van der Waals surface area contributed by atoms with E-state index in [0.717, 1.165) is 15.7 Å². The summed E-state index contributed by atoms with van der Waals surface area (Å²) in [5.74, 6) is -1.86.